The highest BCUT2D eigenvalue weighted by Gasteiger charge is 2.38. The SMILES string of the molecule is COc1ccc(C(=O)c2ccc(NC=C3C(=O)OC(C)(C)OC3=O)cc2)cc1OC. The average molecular weight is 411 g/mol. The second-order valence-electron chi connectivity index (χ2n) is 6.86. The number of methoxy groups -OCH3 is 2. The van der Waals surface area contributed by atoms with Gasteiger partial charge in [0.15, 0.2) is 22.9 Å². The van der Waals surface area contributed by atoms with E-state index in [0.717, 1.165) is 0 Å². The lowest BCUT2D eigenvalue weighted by atomic mass is 10.0. The van der Waals surface area contributed by atoms with Crippen LogP contribution in [0.3, 0.4) is 0 Å². The van der Waals surface area contributed by atoms with Crippen LogP contribution in [0.1, 0.15) is 29.8 Å². The average Bonchev–Trinajstić information content (AvgIpc) is 2.71. The summed E-state index contributed by atoms with van der Waals surface area (Å²) in [5.74, 6) is -2.04. The fraction of sp³-hybridized carbons (Fsp3) is 0.227. The number of carbonyl (C=O) groups is 3. The van der Waals surface area contributed by atoms with Crippen LogP contribution in [-0.2, 0) is 19.1 Å². The minimum atomic E-state index is -1.29. The van der Waals surface area contributed by atoms with Crippen molar-refractivity contribution in [3.8, 4) is 11.5 Å². The molecular weight excluding hydrogens is 390 g/mol. The fourth-order valence-electron chi connectivity index (χ4n) is 2.80. The summed E-state index contributed by atoms with van der Waals surface area (Å²) >= 11 is 0. The predicted octanol–water partition coefficient (Wildman–Crippen LogP) is 3.07. The van der Waals surface area contributed by atoms with Gasteiger partial charge in [-0.05, 0) is 42.5 Å². The van der Waals surface area contributed by atoms with Crippen molar-refractivity contribution in [1.29, 1.82) is 0 Å². The molecule has 0 saturated carbocycles. The van der Waals surface area contributed by atoms with Crippen molar-refractivity contribution in [2.75, 3.05) is 19.5 Å². The van der Waals surface area contributed by atoms with Crippen LogP contribution in [0.15, 0.2) is 54.2 Å². The molecule has 0 amide bonds. The van der Waals surface area contributed by atoms with Crippen molar-refractivity contribution in [2.24, 2.45) is 0 Å². The molecule has 30 heavy (non-hydrogen) atoms. The Bertz CT molecular complexity index is 1000. The fourth-order valence-corrected chi connectivity index (χ4v) is 2.80. The summed E-state index contributed by atoms with van der Waals surface area (Å²) in [5, 5.41) is 2.83. The van der Waals surface area contributed by atoms with Crippen molar-refractivity contribution >= 4 is 23.4 Å². The third-order valence-electron chi connectivity index (χ3n) is 4.29. The van der Waals surface area contributed by atoms with Gasteiger partial charge < -0.3 is 24.3 Å². The van der Waals surface area contributed by atoms with Gasteiger partial charge in [-0.25, -0.2) is 9.59 Å². The van der Waals surface area contributed by atoms with Crippen LogP contribution in [0.25, 0.3) is 0 Å². The third kappa shape index (κ3) is 4.43. The molecular formula is C22H21NO7. The molecule has 0 atom stereocenters. The number of cyclic esters (lactones) is 2. The second kappa shape index (κ2) is 8.28. The molecule has 156 valence electrons. The molecule has 1 N–H and O–H groups in total. The lowest BCUT2D eigenvalue weighted by Gasteiger charge is -2.29. The highest BCUT2D eigenvalue weighted by atomic mass is 16.7. The standard InChI is InChI=1S/C22H21NO7/c1-22(2)29-20(25)16(21(26)30-22)12-23-15-8-5-13(6-9-15)19(24)14-7-10-17(27-3)18(11-14)28-4/h5-12,23H,1-4H3. The Morgan fingerprint density at radius 1 is 0.900 bits per heavy atom. The van der Waals surface area contributed by atoms with E-state index in [9.17, 15) is 14.4 Å². The molecule has 1 aliphatic rings. The van der Waals surface area contributed by atoms with Crippen molar-refractivity contribution in [1.82, 2.24) is 0 Å². The zero-order chi connectivity index (χ0) is 21.9. The molecule has 0 bridgehead atoms. The predicted molar refractivity (Wildman–Crippen MR) is 107 cm³/mol. The number of esters is 2. The Balaban J connectivity index is 1.73. The van der Waals surface area contributed by atoms with E-state index in [2.05, 4.69) is 5.32 Å². The maximum absolute atomic E-state index is 12.7. The normalized spacial score (nSPS) is 15.0. The Hall–Kier alpha value is -3.81. The first kappa shape index (κ1) is 20.9. The first-order valence-corrected chi connectivity index (χ1v) is 9.04. The maximum Gasteiger partial charge on any atom is 0.350 e. The number of hydrogen-bond donors (Lipinski definition) is 1. The molecule has 0 spiro atoms. The summed E-state index contributed by atoms with van der Waals surface area (Å²) in [6, 6.07) is 11.5. The van der Waals surface area contributed by atoms with E-state index in [1.54, 1.807) is 42.5 Å². The van der Waals surface area contributed by atoms with E-state index in [-0.39, 0.29) is 11.4 Å². The quantitative estimate of drug-likeness (QED) is 0.335. The van der Waals surface area contributed by atoms with Gasteiger partial charge in [0, 0.05) is 36.9 Å². The Morgan fingerprint density at radius 2 is 1.47 bits per heavy atom. The molecule has 2 aromatic rings. The zero-order valence-corrected chi connectivity index (χ0v) is 17.0. The van der Waals surface area contributed by atoms with E-state index >= 15 is 0 Å². The summed E-state index contributed by atoms with van der Waals surface area (Å²) in [7, 11) is 3.02. The van der Waals surface area contributed by atoms with Gasteiger partial charge in [0.05, 0.1) is 14.2 Å². The number of ether oxygens (including phenoxy) is 4. The van der Waals surface area contributed by atoms with Crippen LogP contribution in [0.2, 0.25) is 0 Å². The van der Waals surface area contributed by atoms with E-state index in [1.165, 1.54) is 34.3 Å². The van der Waals surface area contributed by atoms with E-state index < -0.39 is 17.7 Å². The van der Waals surface area contributed by atoms with Crippen LogP contribution in [0.4, 0.5) is 5.69 Å². The molecule has 3 rings (SSSR count). The van der Waals surface area contributed by atoms with Crippen LogP contribution in [0.5, 0.6) is 11.5 Å². The number of hydrogen-bond acceptors (Lipinski definition) is 8. The number of carbonyl (C=O) groups excluding carboxylic acids is 3. The van der Waals surface area contributed by atoms with Gasteiger partial charge in [-0.2, -0.15) is 0 Å². The lowest BCUT2D eigenvalue weighted by molar-refractivity contribution is -0.222. The summed E-state index contributed by atoms with van der Waals surface area (Å²) in [6.07, 6.45) is 1.21. The molecule has 1 fully saturated rings. The van der Waals surface area contributed by atoms with Crippen LogP contribution in [-0.4, -0.2) is 37.7 Å². The Kier molecular flexibility index (Phi) is 5.77. The van der Waals surface area contributed by atoms with Gasteiger partial charge in [-0.3, -0.25) is 4.79 Å². The minimum absolute atomic E-state index is 0.192. The first-order valence-electron chi connectivity index (χ1n) is 9.04. The molecule has 8 heteroatoms. The molecule has 0 aliphatic carbocycles. The van der Waals surface area contributed by atoms with Crippen LogP contribution in [0, 0.1) is 0 Å². The number of nitrogens with one attached hydrogen (secondary N) is 1. The first-order chi connectivity index (χ1) is 14.2. The van der Waals surface area contributed by atoms with E-state index in [1.807, 2.05) is 0 Å². The number of benzene rings is 2. The van der Waals surface area contributed by atoms with E-state index in [4.69, 9.17) is 18.9 Å². The van der Waals surface area contributed by atoms with E-state index in [0.29, 0.717) is 28.3 Å². The molecule has 8 nitrogen and oxygen atoms in total. The highest BCUT2D eigenvalue weighted by molar-refractivity contribution is 6.15. The minimum Gasteiger partial charge on any atom is -0.493 e. The summed E-state index contributed by atoms with van der Waals surface area (Å²) in [4.78, 5) is 36.6. The monoisotopic (exact) mass is 411 g/mol. The van der Waals surface area contributed by atoms with Crippen molar-refractivity contribution in [3.63, 3.8) is 0 Å². The Labute approximate surface area is 173 Å². The van der Waals surface area contributed by atoms with Crippen LogP contribution >= 0.6 is 0 Å². The lowest BCUT2D eigenvalue weighted by Crippen LogP contribution is -2.42. The van der Waals surface area contributed by atoms with Crippen molar-refractivity contribution in [3.05, 3.63) is 65.4 Å². The Morgan fingerprint density at radius 3 is 2.03 bits per heavy atom. The zero-order valence-electron chi connectivity index (χ0n) is 17.0. The summed E-state index contributed by atoms with van der Waals surface area (Å²) < 4.78 is 20.5. The number of rotatable bonds is 6. The van der Waals surface area contributed by atoms with Gasteiger partial charge >= 0.3 is 11.9 Å². The van der Waals surface area contributed by atoms with Gasteiger partial charge in [0.1, 0.15) is 0 Å². The molecule has 2 aromatic carbocycles. The van der Waals surface area contributed by atoms with Gasteiger partial charge in [-0.1, -0.05) is 0 Å². The van der Waals surface area contributed by atoms with Crippen molar-refractivity contribution < 1.29 is 33.3 Å². The molecule has 0 radical (unpaired) electrons. The molecule has 0 aromatic heterocycles. The van der Waals surface area contributed by atoms with Gasteiger partial charge in [-0.15, -0.1) is 0 Å². The maximum atomic E-state index is 12.7. The number of ketones is 1. The summed E-state index contributed by atoms with van der Waals surface area (Å²) in [6.45, 7) is 2.95. The second-order valence-corrected chi connectivity index (χ2v) is 6.86. The molecule has 1 saturated heterocycles. The summed E-state index contributed by atoms with van der Waals surface area (Å²) in [5.41, 5.74) is 1.22. The number of anilines is 1. The molecule has 1 heterocycles. The van der Waals surface area contributed by atoms with Crippen molar-refractivity contribution in [2.45, 2.75) is 19.6 Å². The third-order valence-corrected chi connectivity index (χ3v) is 4.29. The largest absolute Gasteiger partial charge is 0.493 e. The van der Waals surface area contributed by atoms with Crippen LogP contribution < -0.4 is 14.8 Å². The van der Waals surface area contributed by atoms with Gasteiger partial charge in [0.25, 0.3) is 5.79 Å². The molecule has 0 unspecified atom stereocenters. The topological polar surface area (TPSA) is 100 Å². The highest BCUT2D eigenvalue weighted by Crippen LogP contribution is 2.29. The van der Waals surface area contributed by atoms with Gasteiger partial charge in [0.2, 0.25) is 0 Å². The smallest absolute Gasteiger partial charge is 0.350 e. The molecule has 1 aliphatic heterocycles.